The van der Waals surface area contributed by atoms with Gasteiger partial charge in [-0.15, -0.1) is 0 Å². The predicted octanol–water partition coefficient (Wildman–Crippen LogP) is 4.16. The molecule has 0 fully saturated rings. The lowest BCUT2D eigenvalue weighted by Crippen LogP contribution is -1.98. The van der Waals surface area contributed by atoms with E-state index in [2.05, 4.69) is 39.1 Å². The minimum absolute atomic E-state index is 0.462. The molecule has 2 aromatic carbocycles. The molecular formula is C16H13BrN2O. The minimum Gasteiger partial charge on any atom is -0.488 e. The Hall–Kier alpha value is -2.07. The van der Waals surface area contributed by atoms with E-state index in [0.29, 0.717) is 12.4 Å². The Bertz CT molecular complexity index is 758. The van der Waals surface area contributed by atoms with E-state index in [-0.39, 0.29) is 0 Å². The zero-order valence-corrected chi connectivity index (χ0v) is 12.3. The third-order valence-corrected chi connectivity index (χ3v) is 3.89. The van der Waals surface area contributed by atoms with Gasteiger partial charge in [-0.1, -0.05) is 30.3 Å². The highest BCUT2D eigenvalue weighted by molar-refractivity contribution is 9.10. The summed E-state index contributed by atoms with van der Waals surface area (Å²) in [4.78, 5) is 3.97. The van der Waals surface area contributed by atoms with Crippen molar-refractivity contribution in [1.82, 2.24) is 4.98 Å². The van der Waals surface area contributed by atoms with E-state index in [0.717, 1.165) is 21.2 Å². The van der Waals surface area contributed by atoms with Gasteiger partial charge in [0.15, 0.2) is 0 Å². The van der Waals surface area contributed by atoms with Crippen LogP contribution in [0.15, 0.2) is 59.2 Å². The predicted molar refractivity (Wildman–Crippen MR) is 84.6 cm³/mol. The lowest BCUT2D eigenvalue weighted by atomic mass is 10.1. The van der Waals surface area contributed by atoms with Crippen molar-refractivity contribution in [2.45, 2.75) is 6.61 Å². The molecule has 0 radical (unpaired) electrons. The number of anilines is 1. The standard InChI is InChI=1S/C16H13BrN2O/c17-16-13-4-2-1-3-12(13)5-6-14(16)20-10-11-7-8-19-15(18)9-11/h1-9H,10H2,(H2,18,19). The Kier molecular flexibility index (Phi) is 3.56. The Balaban J connectivity index is 1.86. The summed E-state index contributed by atoms with van der Waals surface area (Å²) in [6.07, 6.45) is 1.68. The molecule has 4 heteroatoms. The average Bonchev–Trinajstić information content (AvgIpc) is 2.47. The van der Waals surface area contributed by atoms with Crippen molar-refractivity contribution in [1.29, 1.82) is 0 Å². The highest BCUT2D eigenvalue weighted by Crippen LogP contribution is 2.33. The lowest BCUT2D eigenvalue weighted by molar-refractivity contribution is 0.304. The summed E-state index contributed by atoms with van der Waals surface area (Å²) in [5.74, 6) is 1.32. The fourth-order valence-electron chi connectivity index (χ4n) is 2.07. The molecular weight excluding hydrogens is 316 g/mol. The summed E-state index contributed by atoms with van der Waals surface area (Å²) in [5.41, 5.74) is 6.65. The van der Waals surface area contributed by atoms with Crippen LogP contribution in [0.5, 0.6) is 5.75 Å². The van der Waals surface area contributed by atoms with Crippen molar-refractivity contribution >= 4 is 32.5 Å². The first-order chi connectivity index (χ1) is 9.74. The SMILES string of the molecule is Nc1cc(COc2ccc3ccccc3c2Br)ccn1. The molecule has 0 atom stereocenters. The number of benzene rings is 2. The first kappa shape index (κ1) is 12.9. The van der Waals surface area contributed by atoms with Crippen LogP contribution in [0.1, 0.15) is 5.56 Å². The van der Waals surface area contributed by atoms with E-state index in [9.17, 15) is 0 Å². The van der Waals surface area contributed by atoms with Crippen LogP contribution in [-0.4, -0.2) is 4.98 Å². The van der Waals surface area contributed by atoms with Crippen LogP contribution in [0.3, 0.4) is 0 Å². The quantitative estimate of drug-likeness (QED) is 0.785. The molecule has 3 aromatic rings. The number of halogens is 1. The minimum atomic E-state index is 0.462. The summed E-state index contributed by atoms with van der Waals surface area (Å²) < 4.78 is 6.83. The van der Waals surface area contributed by atoms with Gasteiger partial charge < -0.3 is 10.5 Å². The zero-order valence-electron chi connectivity index (χ0n) is 10.7. The highest BCUT2D eigenvalue weighted by atomic mass is 79.9. The van der Waals surface area contributed by atoms with Crippen LogP contribution < -0.4 is 10.5 Å². The second-order valence-electron chi connectivity index (χ2n) is 4.48. The van der Waals surface area contributed by atoms with Gasteiger partial charge in [-0.25, -0.2) is 4.98 Å². The summed E-state index contributed by atoms with van der Waals surface area (Å²) in [5, 5.41) is 2.32. The fraction of sp³-hybridized carbons (Fsp3) is 0.0625. The number of fused-ring (bicyclic) bond motifs is 1. The molecule has 1 aromatic heterocycles. The number of hydrogen-bond donors (Lipinski definition) is 1. The maximum atomic E-state index is 5.86. The molecule has 3 rings (SSSR count). The highest BCUT2D eigenvalue weighted by Gasteiger charge is 2.06. The smallest absolute Gasteiger partial charge is 0.134 e. The average molecular weight is 329 g/mol. The number of rotatable bonds is 3. The van der Waals surface area contributed by atoms with Gasteiger partial charge in [-0.3, -0.25) is 0 Å². The molecule has 0 saturated heterocycles. The van der Waals surface area contributed by atoms with Crippen LogP contribution in [0.2, 0.25) is 0 Å². The van der Waals surface area contributed by atoms with Crippen LogP contribution in [0.25, 0.3) is 10.8 Å². The molecule has 0 aliphatic heterocycles. The number of aromatic nitrogens is 1. The molecule has 1 heterocycles. The van der Waals surface area contributed by atoms with Crippen molar-refractivity contribution < 1.29 is 4.74 Å². The Labute approximate surface area is 125 Å². The maximum Gasteiger partial charge on any atom is 0.134 e. The summed E-state index contributed by atoms with van der Waals surface area (Å²) in [6, 6.07) is 15.9. The number of nitrogen functional groups attached to an aromatic ring is 1. The van der Waals surface area contributed by atoms with Gasteiger partial charge in [-0.2, -0.15) is 0 Å². The van der Waals surface area contributed by atoms with Crippen molar-refractivity contribution in [3.63, 3.8) is 0 Å². The number of ether oxygens (including phenoxy) is 1. The largest absolute Gasteiger partial charge is 0.488 e. The lowest BCUT2D eigenvalue weighted by Gasteiger charge is -2.10. The monoisotopic (exact) mass is 328 g/mol. The first-order valence-corrected chi connectivity index (χ1v) is 7.04. The van der Waals surface area contributed by atoms with Crippen LogP contribution >= 0.6 is 15.9 Å². The summed E-state index contributed by atoms with van der Waals surface area (Å²) in [7, 11) is 0. The van der Waals surface area contributed by atoms with Crippen LogP contribution in [-0.2, 0) is 6.61 Å². The molecule has 0 unspecified atom stereocenters. The first-order valence-electron chi connectivity index (χ1n) is 6.24. The maximum absolute atomic E-state index is 5.86. The molecule has 20 heavy (non-hydrogen) atoms. The van der Waals surface area contributed by atoms with E-state index in [1.54, 1.807) is 6.20 Å². The molecule has 100 valence electrons. The van der Waals surface area contributed by atoms with Gasteiger partial charge in [-0.05, 0) is 50.5 Å². The van der Waals surface area contributed by atoms with Crippen molar-refractivity contribution in [2.24, 2.45) is 0 Å². The van der Waals surface area contributed by atoms with Gasteiger partial charge in [0.1, 0.15) is 18.2 Å². The van der Waals surface area contributed by atoms with Gasteiger partial charge in [0.05, 0.1) is 4.47 Å². The molecule has 3 nitrogen and oxygen atoms in total. The molecule has 0 bridgehead atoms. The molecule has 0 spiro atoms. The van der Waals surface area contributed by atoms with Crippen LogP contribution in [0, 0.1) is 0 Å². The van der Waals surface area contributed by atoms with Gasteiger partial charge in [0, 0.05) is 6.20 Å². The van der Waals surface area contributed by atoms with Crippen molar-refractivity contribution in [3.05, 3.63) is 64.8 Å². The third-order valence-electron chi connectivity index (χ3n) is 3.07. The van der Waals surface area contributed by atoms with Crippen molar-refractivity contribution in [3.8, 4) is 5.75 Å². The Morgan fingerprint density at radius 1 is 1.10 bits per heavy atom. The summed E-state index contributed by atoms with van der Waals surface area (Å²) >= 11 is 3.61. The normalized spacial score (nSPS) is 10.7. The number of hydrogen-bond acceptors (Lipinski definition) is 3. The Morgan fingerprint density at radius 3 is 2.80 bits per heavy atom. The van der Waals surface area contributed by atoms with Gasteiger partial charge in [0.2, 0.25) is 0 Å². The van der Waals surface area contributed by atoms with E-state index < -0.39 is 0 Å². The third kappa shape index (κ3) is 2.60. The van der Waals surface area contributed by atoms with E-state index in [1.165, 1.54) is 5.39 Å². The molecule has 0 saturated carbocycles. The van der Waals surface area contributed by atoms with E-state index in [1.807, 2.05) is 30.3 Å². The van der Waals surface area contributed by atoms with Gasteiger partial charge >= 0.3 is 0 Å². The second-order valence-corrected chi connectivity index (χ2v) is 5.27. The van der Waals surface area contributed by atoms with E-state index in [4.69, 9.17) is 10.5 Å². The second kappa shape index (κ2) is 5.51. The Morgan fingerprint density at radius 2 is 1.95 bits per heavy atom. The summed E-state index contributed by atoms with van der Waals surface area (Å²) in [6.45, 7) is 0.462. The van der Waals surface area contributed by atoms with Gasteiger partial charge in [0.25, 0.3) is 0 Å². The topological polar surface area (TPSA) is 48.1 Å². The molecule has 2 N–H and O–H groups in total. The fourth-order valence-corrected chi connectivity index (χ4v) is 2.68. The number of pyridine rings is 1. The van der Waals surface area contributed by atoms with Crippen LogP contribution in [0.4, 0.5) is 5.82 Å². The molecule has 0 aliphatic carbocycles. The number of nitrogens with two attached hydrogens (primary N) is 1. The molecule has 0 aliphatic rings. The number of nitrogens with zero attached hydrogens (tertiary/aromatic N) is 1. The zero-order chi connectivity index (χ0) is 13.9. The molecule has 0 amide bonds. The van der Waals surface area contributed by atoms with E-state index >= 15 is 0 Å². The van der Waals surface area contributed by atoms with Crippen molar-refractivity contribution in [2.75, 3.05) is 5.73 Å².